The van der Waals surface area contributed by atoms with Crippen molar-refractivity contribution in [3.63, 3.8) is 0 Å². The second-order valence-corrected chi connectivity index (χ2v) is 13.9. The molecule has 270 valence electrons. The van der Waals surface area contributed by atoms with Crippen molar-refractivity contribution in [3.8, 4) is 5.69 Å². The lowest BCUT2D eigenvalue weighted by molar-refractivity contribution is -0.117. The van der Waals surface area contributed by atoms with Gasteiger partial charge in [-0.15, -0.1) is 0 Å². The number of nitrogens with zero attached hydrogens (tertiary/aromatic N) is 4. The number of fused-ring (bicyclic) bond motifs is 2. The third kappa shape index (κ3) is 7.79. The van der Waals surface area contributed by atoms with Crippen molar-refractivity contribution in [1.82, 2.24) is 19.6 Å². The van der Waals surface area contributed by atoms with Gasteiger partial charge in [-0.05, 0) is 84.8 Å². The number of carbonyl (C=O) groups is 3. The van der Waals surface area contributed by atoms with E-state index in [-0.39, 0.29) is 24.3 Å². The highest BCUT2D eigenvalue weighted by Gasteiger charge is 2.32. The molecule has 52 heavy (non-hydrogen) atoms. The highest BCUT2D eigenvalue weighted by atomic mass is 16.3. The van der Waals surface area contributed by atoms with Crippen LogP contribution in [0.25, 0.3) is 16.5 Å². The van der Waals surface area contributed by atoms with Crippen molar-refractivity contribution in [3.05, 3.63) is 125 Å². The molecule has 1 aliphatic rings. The normalized spacial score (nSPS) is 14.6. The molecule has 0 saturated heterocycles. The second kappa shape index (κ2) is 16.4. The Morgan fingerprint density at radius 3 is 2.29 bits per heavy atom. The van der Waals surface area contributed by atoms with Gasteiger partial charge in [0.2, 0.25) is 5.91 Å². The number of benzene rings is 4. The van der Waals surface area contributed by atoms with E-state index in [1.807, 2.05) is 85.5 Å². The van der Waals surface area contributed by atoms with Gasteiger partial charge in [0.15, 0.2) is 5.69 Å². The molecule has 9 nitrogen and oxygen atoms in total. The van der Waals surface area contributed by atoms with E-state index in [2.05, 4.69) is 19.2 Å². The number of aromatic nitrogens is 2. The van der Waals surface area contributed by atoms with Gasteiger partial charge < -0.3 is 20.2 Å². The number of hydrogen-bond donors (Lipinski definition) is 2. The fourth-order valence-electron chi connectivity index (χ4n) is 6.99. The minimum atomic E-state index is -0.453. The molecule has 2 atom stereocenters. The van der Waals surface area contributed by atoms with Gasteiger partial charge in [0.25, 0.3) is 11.8 Å². The van der Waals surface area contributed by atoms with Gasteiger partial charge in [0, 0.05) is 31.0 Å². The first-order chi connectivity index (χ1) is 25.2. The predicted octanol–water partition coefficient (Wildman–Crippen LogP) is 7.68. The predicted molar refractivity (Wildman–Crippen MR) is 206 cm³/mol. The van der Waals surface area contributed by atoms with Crippen LogP contribution in [0.5, 0.6) is 0 Å². The zero-order valence-corrected chi connectivity index (χ0v) is 30.6. The summed E-state index contributed by atoms with van der Waals surface area (Å²) in [6.45, 7) is 9.42. The van der Waals surface area contributed by atoms with Crippen molar-refractivity contribution < 1.29 is 19.5 Å². The highest BCUT2D eigenvalue weighted by Crippen LogP contribution is 2.30. The quantitative estimate of drug-likeness (QED) is 0.131. The van der Waals surface area contributed by atoms with Crippen LogP contribution in [0.3, 0.4) is 0 Å². The molecule has 5 aromatic rings. The van der Waals surface area contributed by atoms with E-state index in [0.717, 1.165) is 53.1 Å². The summed E-state index contributed by atoms with van der Waals surface area (Å²) < 4.78 is 1.65. The minimum Gasteiger partial charge on any atom is -0.394 e. The maximum atomic E-state index is 14.7. The SMILES string of the molecule is CCCCN(CCCC)C(=O)c1cc(C)n(-c2ccc(NC(=O)C(C)c3ccc4ccccc4c3)cc2C(=O)N2Cc3ccccc3CC2CO)n1. The van der Waals surface area contributed by atoms with E-state index < -0.39 is 12.0 Å². The Balaban J connectivity index is 1.36. The van der Waals surface area contributed by atoms with Crippen LogP contribution >= 0.6 is 0 Å². The average Bonchev–Trinajstić information content (AvgIpc) is 3.57. The first-order valence-electron chi connectivity index (χ1n) is 18.5. The molecule has 0 saturated carbocycles. The monoisotopic (exact) mass is 699 g/mol. The Morgan fingerprint density at radius 1 is 0.885 bits per heavy atom. The Hall–Kier alpha value is -5.28. The molecule has 4 aromatic carbocycles. The average molecular weight is 700 g/mol. The number of anilines is 1. The largest absolute Gasteiger partial charge is 0.394 e. The van der Waals surface area contributed by atoms with E-state index in [9.17, 15) is 19.5 Å². The van der Waals surface area contributed by atoms with Crippen molar-refractivity contribution >= 4 is 34.2 Å². The number of unbranched alkanes of at least 4 members (excludes halogenated alkanes) is 2. The minimum absolute atomic E-state index is 0.129. The van der Waals surface area contributed by atoms with Crippen LogP contribution in [0.1, 0.15) is 95.6 Å². The number of amides is 3. The van der Waals surface area contributed by atoms with Crippen LogP contribution in [0.15, 0.2) is 91.0 Å². The third-order valence-electron chi connectivity index (χ3n) is 10.2. The van der Waals surface area contributed by atoms with Gasteiger partial charge in [0.1, 0.15) is 0 Å². The molecule has 2 N–H and O–H groups in total. The Labute approximate surface area is 306 Å². The number of hydrogen-bond acceptors (Lipinski definition) is 5. The standard InChI is InChI=1S/C43H49N5O4/c1-5-7-21-46(22-8-6-2)43(52)39-23-29(3)48(45-39)40-20-19-36(44-41(50)30(4)32-18-17-31-13-9-10-14-33(31)24-32)26-38(40)42(51)47-27-35-16-12-11-15-34(35)25-37(47)28-49/h9-20,23-24,26,30,37,49H,5-8,21-22,25,27-28H2,1-4H3,(H,44,50). The number of aliphatic hydroxyl groups is 1. The van der Waals surface area contributed by atoms with Crippen molar-refractivity contribution in [2.24, 2.45) is 0 Å². The van der Waals surface area contributed by atoms with E-state index >= 15 is 0 Å². The van der Waals surface area contributed by atoms with Crippen LogP contribution in [-0.2, 0) is 17.8 Å². The summed E-state index contributed by atoms with van der Waals surface area (Å²) in [5, 5.41) is 20.4. The molecule has 0 bridgehead atoms. The molecule has 3 amide bonds. The van der Waals surface area contributed by atoms with Gasteiger partial charge in [-0.1, -0.05) is 93.4 Å². The highest BCUT2D eigenvalue weighted by molar-refractivity contribution is 6.02. The van der Waals surface area contributed by atoms with Crippen LogP contribution < -0.4 is 5.32 Å². The maximum Gasteiger partial charge on any atom is 0.274 e. The first kappa shape index (κ1) is 36.5. The van der Waals surface area contributed by atoms with Gasteiger partial charge in [-0.25, -0.2) is 4.68 Å². The molecular formula is C43H49N5O4. The molecule has 1 aromatic heterocycles. The molecule has 9 heteroatoms. The van der Waals surface area contributed by atoms with Gasteiger partial charge in [-0.2, -0.15) is 5.10 Å². The summed E-state index contributed by atoms with van der Waals surface area (Å²) in [5.74, 6) is -1.08. The lowest BCUT2D eigenvalue weighted by Crippen LogP contribution is -2.46. The Bertz CT molecular complexity index is 2060. The van der Waals surface area contributed by atoms with Crippen LogP contribution in [0.4, 0.5) is 5.69 Å². The molecule has 2 heterocycles. The van der Waals surface area contributed by atoms with E-state index in [4.69, 9.17) is 5.10 Å². The summed E-state index contributed by atoms with van der Waals surface area (Å²) in [4.78, 5) is 45.7. The number of aliphatic hydroxyl groups excluding tert-OH is 1. The topological polar surface area (TPSA) is 108 Å². The molecule has 0 radical (unpaired) electrons. The molecule has 0 aliphatic carbocycles. The van der Waals surface area contributed by atoms with Gasteiger partial charge in [-0.3, -0.25) is 14.4 Å². The number of aryl methyl sites for hydroxylation is 1. The zero-order valence-electron chi connectivity index (χ0n) is 30.6. The smallest absolute Gasteiger partial charge is 0.274 e. The maximum absolute atomic E-state index is 14.7. The van der Waals surface area contributed by atoms with Crippen LogP contribution in [0, 0.1) is 6.92 Å². The van der Waals surface area contributed by atoms with Crippen molar-refractivity contribution in [1.29, 1.82) is 0 Å². The van der Waals surface area contributed by atoms with E-state index in [1.54, 1.807) is 33.8 Å². The summed E-state index contributed by atoms with van der Waals surface area (Å²) in [5.41, 5.74) is 5.32. The third-order valence-corrected chi connectivity index (χ3v) is 10.2. The van der Waals surface area contributed by atoms with Crippen molar-refractivity contribution in [2.75, 3.05) is 25.0 Å². The molecular weight excluding hydrogens is 651 g/mol. The summed E-state index contributed by atoms with van der Waals surface area (Å²) in [6, 6.07) is 28.6. The van der Waals surface area contributed by atoms with E-state index in [0.29, 0.717) is 54.4 Å². The molecule has 0 spiro atoms. The summed E-state index contributed by atoms with van der Waals surface area (Å²) >= 11 is 0. The second-order valence-electron chi connectivity index (χ2n) is 13.9. The number of carbonyl (C=O) groups excluding carboxylic acids is 3. The Kier molecular flexibility index (Phi) is 11.5. The fraction of sp³-hybridized carbons (Fsp3) is 0.349. The lowest BCUT2D eigenvalue weighted by atomic mass is 9.93. The zero-order chi connectivity index (χ0) is 36.8. The molecule has 2 unspecified atom stereocenters. The summed E-state index contributed by atoms with van der Waals surface area (Å²) in [7, 11) is 0. The van der Waals surface area contributed by atoms with Crippen LogP contribution in [0.2, 0.25) is 0 Å². The first-order valence-corrected chi connectivity index (χ1v) is 18.5. The lowest BCUT2D eigenvalue weighted by Gasteiger charge is -2.36. The molecule has 0 fully saturated rings. The van der Waals surface area contributed by atoms with Gasteiger partial charge in [0.05, 0.1) is 29.8 Å². The Morgan fingerprint density at radius 2 is 1.58 bits per heavy atom. The number of nitrogens with one attached hydrogen (secondary N) is 1. The molecule has 1 aliphatic heterocycles. The fourth-order valence-corrected chi connectivity index (χ4v) is 6.99. The summed E-state index contributed by atoms with van der Waals surface area (Å²) in [6.07, 6.45) is 4.30. The van der Waals surface area contributed by atoms with Crippen LogP contribution in [-0.4, -0.2) is 68.1 Å². The van der Waals surface area contributed by atoms with Gasteiger partial charge >= 0.3 is 0 Å². The van der Waals surface area contributed by atoms with Crippen molar-refractivity contribution in [2.45, 2.75) is 78.3 Å². The molecule has 6 rings (SSSR count). The number of rotatable bonds is 13. The van der Waals surface area contributed by atoms with E-state index in [1.165, 1.54) is 0 Å².